The second kappa shape index (κ2) is 5.96. The van der Waals surface area contributed by atoms with E-state index in [2.05, 4.69) is 25.3 Å². The third kappa shape index (κ3) is 3.25. The minimum absolute atomic E-state index is 0.231. The van der Waals surface area contributed by atoms with Crippen LogP contribution in [0.25, 0.3) is 22.5 Å². The summed E-state index contributed by atoms with van der Waals surface area (Å²) in [5.74, 6) is 0.549. The van der Waals surface area contributed by atoms with Crippen molar-refractivity contribution in [3.8, 4) is 22.5 Å². The Morgan fingerprint density at radius 2 is 1.80 bits per heavy atom. The van der Waals surface area contributed by atoms with Gasteiger partial charge in [0.15, 0.2) is 0 Å². The number of anilines is 1. The van der Waals surface area contributed by atoms with Crippen molar-refractivity contribution in [2.45, 2.75) is 25.0 Å². The molecule has 2 N–H and O–H groups in total. The normalized spacial score (nSPS) is 14.4. The molecule has 25 heavy (non-hydrogen) atoms. The van der Waals surface area contributed by atoms with E-state index in [4.69, 9.17) is 0 Å². The first-order valence-corrected chi connectivity index (χ1v) is 9.54. The molecule has 7 nitrogen and oxygen atoms in total. The number of nitrogens with one attached hydrogen (secondary N) is 2. The Balaban J connectivity index is 1.58. The van der Waals surface area contributed by atoms with Gasteiger partial charge in [0, 0.05) is 11.3 Å². The van der Waals surface area contributed by atoms with Gasteiger partial charge in [-0.25, -0.2) is 8.42 Å². The molecule has 0 amide bonds. The SMILES string of the molecule is Cc1cc(NS(=O)(=O)C2CC2)ccc1-c1ccc(-c2nn[nH]n2)cc1. The highest BCUT2D eigenvalue weighted by Crippen LogP contribution is 2.32. The molecule has 1 aliphatic carbocycles. The molecule has 1 heterocycles. The molecule has 2 aromatic carbocycles. The number of tetrazole rings is 1. The average molecular weight is 355 g/mol. The van der Waals surface area contributed by atoms with E-state index in [0.29, 0.717) is 11.5 Å². The molecule has 8 heteroatoms. The summed E-state index contributed by atoms with van der Waals surface area (Å²) < 4.78 is 26.8. The lowest BCUT2D eigenvalue weighted by atomic mass is 9.99. The fraction of sp³-hybridized carbons (Fsp3) is 0.235. The lowest BCUT2D eigenvalue weighted by molar-refractivity contribution is 0.600. The van der Waals surface area contributed by atoms with Gasteiger partial charge in [0.25, 0.3) is 0 Å². The molecule has 1 saturated carbocycles. The average Bonchev–Trinajstić information content (AvgIpc) is 3.32. The molecule has 0 radical (unpaired) electrons. The number of aryl methyl sites for hydroxylation is 1. The first-order valence-electron chi connectivity index (χ1n) is 7.99. The van der Waals surface area contributed by atoms with Crippen LogP contribution >= 0.6 is 0 Å². The summed E-state index contributed by atoms with van der Waals surface area (Å²) in [6.45, 7) is 1.97. The fourth-order valence-corrected chi connectivity index (χ4v) is 4.14. The van der Waals surface area contributed by atoms with E-state index in [9.17, 15) is 8.42 Å². The van der Waals surface area contributed by atoms with Crippen molar-refractivity contribution in [1.29, 1.82) is 0 Å². The molecule has 0 saturated heterocycles. The Hall–Kier alpha value is -2.74. The van der Waals surface area contributed by atoms with Crippen LogP contribution in [0.4, 0.5) is 5.69 Å². The van der Waals surface area contributed by atoms with Crippen LogP contribution in [0.5, 0.6) is 0 Å². The summed E-state index contributed by atoms with van der Waals surface area (Å²) >= 11 is 0. The highest BCUT2D eigenvalue weighted by Gasteiger charge is 2.35. The number of rotatable bonds is 5. The van der Waals surface area contributed by atoms with Crippen LogP contribution in [0.15, 0.2) is 42.5 Å². The molecular formula is C17H17N5O2S. The number of benzene rings is 2. The Morgan fingerprint density at radius 1 is 1.08 bits per heavy atom. The monoisotopic (exact) mass is 355 g/mol. The van der Waals surface area contributed by atoms with Crippen LogP contribution in [0, 0.1) is 6.92 Å². The van der Waals surface area contributed by atoms with Gasteiger partial charge in [-0.15, -0.1) is 10.2 Å². The van der Waals surface area contributed by atoms with E-state index < -0.39 is 10.0 Å². The Kier molecular flexibility index (Phi) is 3.76. The Bertz CT molecular complexity index is 994. The van der Waals surface area contributed by atoms with Gasteiger partial charge >= 0.3 is 0 Å². The Labute approximate surface area is 145 Å². The molecule has 0 spiro atoms. The van der Waals surface area contributed by atoms with Crippen molar-refractivity contribution in [2.24, 2.45) is 0 Å². The molecule has 1 aliphatic rings. The zero-order chi connectivity index (χ0) is 17.4. The molecule has 1 fully saturated rings. The summed E-state index contributed by atoms with van der Waals surface area (Å²) in [6.07, 6.45) is 1.50. The van der Waals surface area contributed by atoms with E-state index in [1.807, 2.05) is 43.3 Å². The van der Waals surface area contributed by atoms with E-state index in [0.717, 1.165) is 35.1 Å². The van der Waals surface area contributed by atoms with Crippen molar-refractivity contribution < 1.29 is 8.42 Å². The van der Waals surface area contributed by atoms with Gasteiger partial charge in [0.05, 0.1) is 5.25 Å². The minimum atomic E-state index is -3.24. The number of H-pyrrole nitrogens is 1. The van der Waals surface area contributed by atoms with Crippen LogP contribution < -0.4 is 4.72 Å². The molecular weight excluding hydrogens is 338 g/mol. The highest BCUT2D eigenvalue weighted by molar-refractivity contribution is 7.93. The van der Waals surface area contributed by atoms with E-state index in [-0.39, 0.29) is 5.25 Å². The largest absolute Gasteiger partial charge is 0.283 e. The van der Waals surface area contributed by atoms with E-state index >= 15 is 0 Å². The number of aromatic nitrogens is 4. The molecule has 0 atom stereocenters. The quantitative estimate of drug-likeness (QED) is 0.733. The number of hydrogen-bond donors (Lipinski definition) is 2. The zero-order valence-corrected chi connectivity index (χ0v) is 14.4. The highest BCUT2D eigenvalue weighted by atomic mass is 32.2. The second-order valence-electron chi connectivity index (χ2n) is 6.19. The van der Waals surface area contributed by atoms with E-state index in [1.165, 1.54) is 0 Å². The van der Waals surface area contributed by atoms with Crippen molar-refractivity contribution in [3.63, 3.8) is 0 Å². The van der Waals surface area contributed by atoms with Gasteiger partial charge in [-0.05, 0) is 53.8 Å². The van der Waals surface area contributed by atoms with Gasteiger partial charge in [-0.2, -0.15) is 5.21 Å². The topological polar surface area (TPSA) is 101 Å². The second-order valence-corrected chi connectivity index (χ2v) is 8.15. The predicted octanol–water partition coefficient (Wildman–Crippen LogP) is 2.75. The van der Waals surface area contributed by atoms with Crippen molar-refractivity contribution in [3.05, 3.63) is 48.0 Å². The van der Waals surface area contributed by atoms with Crippen LogP contribution in [0.3, 0.4) is 0 Å². The van der Waals surface area contributed by atoms with Gasteiger partial charge in [-0.1, -0.05) is 30.3 Å². The van der Waals surface area contributed by atoms with Crippen molar-refractivity contribution in [2.75, 3.05) is 4.72 Å². The van der Waals surface area contributed by atoms with Crippen LogP contribution in [-0.4, -0.2) is 34.3 Å². The molecule has 128 valence electrons. The smallest absolute Gasteiger partial charge is 0.235 e. The molecule has 1 aromatic heterocycles. The van der Waals surface area contributed by atoms with Gasteiger partial charge in [-0.3, -0.25) is 4.72 Å². The van der Waals surface area contributed by atoms with Gasteiger partial charge in [0.1, 0.15) is 0 Å². The summed E-state index contributed by atoms with van der Waals surface area (Å²) in [4.78, 5) is 0. The number of hydrogen-bond acceptors (Lipinski definition) is 5. The van der Waals surface area contributed by atoms with Crippen molar-refractivity contribution >= 4 is 15.7 Å². The zero-order valence-electron chi connectivity index (χ0n) is 13.6. The lowest BCUT2D eigenvalue weighted by Crippen LogP contribution is -2.17. The minimum Gasteiger partial charge on any atom is -0.283 e. The van der Waals surface area contributed by atoms with Gasteiger partial charge in [0.2, 0.25) is 15.8 Å². The third-order valence-electron chi connectivity index (χ3n) is 4.25. The standard InChI is InChI=1S/C17H17N5O2S/c1-11-10-14(20-25(23,24)15-7-8-15)6-9-16(11)12-2-4-13(5-3-12)17-18-21-22-19-17/h2-6,9-10,15,20H,7-8H2,1H3,(H,18,19,21,22). The number of nitrogens with zero attached hydrogens (tertiary/aromatic N) is 3. The maximum absolute atomic E-state index is 12.0. The maximum Gasteiger partial charge on any atom is 0.235 e. The fourth-order valence-electron chi connectivity index (χ4n) is 2.76. The molecule has 0 bridgehead atoms. The molecule has 3 aromatic rings. The molecule has 0 aliphatic heterocycles. The first kappa shape index (κ1) is 15.8. The Morgan fingerprint density at radius 3 is 2.40 bits per heavy atom. The molecule has 0 unspecified atom stereocenters. The van der Waals surface area contributed by atoms with Crippen molar-refractivity contribution in [1.82, 2.24) is 20.6 Å². The summed E-state index contributed by atoms with van der Waals surface area (Å²) in [5, 5.41) is 13.7. The number of aromatic amines is 1. The summed E-state index contributed by atoms with van der Waals surface area (Å²) in [6, 6.07) is 13.4. The third-order valence-corrected chi connectivity index (χ3v) is 6.12. The predicted molar refractivity (Wildman–Crippen MR) is 95.4 cm³/mol. The maximum atomic E-state index is 12.0. The lowest BCUT2D eigenvalue weighted by Gasteiger charge is -2.11. The summed E-state index contributed by atoms with van der Waals surface area (Å²) in [7, 11) is -3.24. The first-order chi connectivity index (χ1) is 12.0. The van der Waals surface area contributed by atoms with E-state index in [1.54, 1.807) is 6.07 Å². The van der Waals surface area contributed by atoms with Gasteiger partial charge < -0.3 is 0 Å². The number of sulfonamides is 1. The van der Waals surface area contributed by atoms with Crippen LogP contribution in [0.1, 0.15) is 18.4 Å². The van der Waals surface area contributed by atoms with Crippen LogP contribution in [-0.2, 0) is 10.0 Å². The van der Waals surface area contributed by atoms with Crippen LogP contribution in [0.2, 0.25) is 0 Å². The summed E-state index contributed by atoms with van der Waals surface area (Å²) in [5.41, 5.74) is 4.58. The molecule has 4 rings (SSSR count).